The summed E-state index contributed by atoms with van der Waals surface area (Å²) in [4.78, 5) is 11.2. The van der Waals surface area contributed by atoms with E-state index in [2.05, 4.69) is 4.74 Å². The highest BCUT2D eigenvalue weighted by molar-refractivity contribution is 5.77. The maximum absolute atomic E-state index is 11.2. The van der Waals surface area contributed by atoms with Gasteiger partial charge in [0, 0.05) is 12.7 Å². The molecule has 0 spiro atoms. The molecule has 4 nitrogen and oxygen atoms in total. The summed E-state index contributed by atoms with van der Waals surface area (Å²) in [7, 11) is 2.66. The number of carbonyl (C=O) groups excluding carboxylic acids is 1. The lowest BCUT2D eigenvalue weighted by Gasteiger charge is -2.13. The normalized spacial score (nSPS) is 12.1. The quantitative estimate of drug-likeness (QED) is 0.739. The Morgan fingerprint density at radius 1 is 1.36 bits per heavy atom. The van der Waals surface area contributed by atoms with E-state index in [0.717, 1.165) is 0 Å². The minimum Gasteiger partial charge on any atom is -0.508 e. The minimum atomic E-state index is -0.874. The summed E-state index contributed by atoms with van der Waals surface area (Å²) in [5, 5.41) is 9.47. The van der Waals surface area contributed by atoms with Gasteiger partial charge in [0.2, 0.25) is 0 Å². The topological polar surface area (TPSA) is 55.8 Å². The van der Waals surface area contributed by atoms with Gasteiger partial charge in [-0.25, -0.2) is 4.79 Å². The molecule has 0 aliphatic rings. The number of esters is 1. The Bertz CT molecular complexity index is 322. The summed E-state index contributed by atoms with van der Waals surface area (Å²) in [5.74, 6) is -0.515. The fourth-order valence-corrected chi connectivity index (χ4v) is 1.17. The number of carbonyl (C=O) groups is 1. The number of ether oxygens (including phenoxy) is 2. The lowest BCUT2D eigenvalue weighted by molar-refractivity contribution is -0.152. The summed E-state index contributed by atoms with van der Waals surface area (Å²) in [5.41, 5.74) is 0.404. The average molecular weight is 196 g/mol. The van der Waals surface area contributed by atoms with Gasteiger partial charge in [0.05, 0.1) is 7.11 Å². The molecular weight excluding hydrogens is 184 g/mol. The van der Waals surface area contributed by atoms with E-state index in [4.69, 9.17) is 4.74 Å². The SMILES string of the molecule is COC(=O)C(OC)c1ccccc1O. The number of para-hydroxylation sites is 1. The van der Waals surface area contributed by atoms with Crippen molar-refractivity contribution < 1.29 is 19.4 Å². The van der Waals surface area contributed by atoms with Gasteiger partial charge in [-0.15, -0.1) is 0 Å². The third-order valence-corrected chi connectivity index (χ3v) is 1.87. The predicted molar refractivity (Wildman–Crippen MR) is 49.9 cm³/mol. The number of phenols is 1. The van der Waals surface area contributed by atoms with Crippen LogP contribution in [0.5, 0.6) is 5.75 Å². The molecule has 0 bridgehead atoms. The number of methoxy groups -OCH3 is 2. The second-order valence-electron chi connectivity index (χ2n) is 2.70. The van der Waals surface area contributed by atoms with Crippen LogP contribution in [0.1, 0.15) is 11.7 Å². The zero-order valence-corrected chi connectivity index (χ0v) is 8.06. The van der Waals surface area contributed by atoms with Crippen molar-refractivity contribution in [2.24, 2.45) is 0 Å². The highest BCUT2D eigenvalue weighted by Gasteiger charge is 2.23. The van der Waals surface area contributed by atoms with Gasteiger partial charge in [-0.3, -0.25) is 0 Å². The van der Waals surface area contributed by atoms with E-state index in [1.54, 1.807) is 18.2 Å². The van der Waals surface area contributed by atoms with Gasteiger partial charge in [-0.1, -0.05) is 18.2 Å². The molecule has 1 rings (SSSR count). The molecule has 76 valence electrons. The Morgan fingerprint density at radius 2 is 2.00 bits per heavy atom. The molecule has 0 heterocycles. The Kier molecular flexibility index (Phi) is 3.48. The molecule has 4 heteroatoms. The van der Waals surface area contributed by atoms with E-state index >= 15 is 0 Å². The number of benzene rings is 1. The molecule has 0 aliphatic carbocycles. The highest BCUT2D eigenvalue weighted by Crippen LogP contribution is 2.26. The minimum absolute atomic E-state index is 0.0183. The average Bonchev–Trinajstić information content (AvgIpc) is 2.21. The standard InChI is InChI=1S/C10H12O4/c1-13-9(10(12)14-2)7-5-3-4-6-8(7)11/h3-6,9,11H,1-2H3. The molecule has 0 radical (unpaired) electrons. The molecule has 1 aromatic rings. The van der Waals surface area contributed by atoms with Crippen molar-refractivity contribution in [3.63, 3.8) is 0 Å². The molecule has 1 aromatic carbocycles. The summed E-state index contributed by atoms with van der Waals surface area (Å²) < 4.78 is 9.47. The first-order valence-corrected chi connectivity index (χ1v) is 4.09. The van der Waals surface area contributed by atoms with Crippen LogP contribution in [0.25, 0.3) is 0 Å². The number of phenolic OH excluding ortho intramolecular Hbond substituents is 1. The molecule has 0 amide bonds. The maximum Gasteiger partial charge on any atom is 0.339 e. The second-order valence-corrected chi connectivity index (χ2v) is 2.70. The third-order valence-electron chi connectivity index (χ3n) is 1.87. The number of hydrogen-bond acceptors (Lipinski definition) is 4. The Hall–Kier alpha value is -1.55. The molecule has 1 N–H and O–H groups in total. The van der Waals surface area contributed by atoms with Gasteiger partial charge in [-0.2, -0.15) is 0 Å². The van der Waals surface area contributed by atoms with Crippen molar-refractivity contribution >= 4 is 5.97 Å². The van der Waals surface area contributed by atoms with Gasteiger partial charge >= 0.3 is 5.97 Å². The number of aromatic hydroxyl groups is 1. The van der Waals surface area contributed by atoms with Crippen LogP contribution in [0.3, 0.4) is 0 Å². The van der Waals surface area contributed by atoms with Crippen LogP contribution in [0.15, 0.2) is 24.3 Å². The molecule has 1 unspecified atom stereocenters. The number of hydrogen-bond donors (Lipinski definition) is 1. The summed E-state index contributed by atoms with van der Waals surface area (Å²) >= 11 is 0. The van der Waals surface area contributed by atoms with Crippen molar-refractivity contribution in [1.29, 1.82) is 0 Å². The van der Waals surface area contributed by atoms with Gasteiger partial charge in [0.25, 0.3) is 0 Å². The van der Waals surface area contributed by atoms with E-state index in [1.807, 2.05) is 0 Å². The zero-order chi connectivity index (χ0) is 10.6. The second kappa shape index (κ2) is 4.62. The fraction of sp³-hybridized carbons (Fsp3) is 0.300. The number of rotatable bonds is 3. The van der Waals surface area contributed by atoms with Crippen LogP contribution in [-0.4, -0.2) is 25.3 Å². The first-order chi connectivity index (χ1) is 6.70. The van der Waals surface area contributed by atoms with E-state index < -0.39 is 12.1 Å². The van der Waals surface area contributed by atoms with E-state index in [-0.39, 0.29) is 5.75 Å². The lowest BCUT2D eigenvalue weighted by Crippen LogP contribution is -2.16. The van der Waals surface area contributed by atoms with Crippen LogP contribution in [0.2, 0.25) is 0 Å². The molecule has 1 atom stereocenters. The van der Waals surface area contributed by atoms with Crippen molar-refractivity contribution in [1.82, 2.24) is 0 Å². The first kappa shape index (κ1) is 10.5. The monoisotopic (exact) mass is 196 g/mol. The van der Waals surface area contributed by atoms with Crippen molar-refractivity contribution in [3.8, 4) is 5.75 Å². The molecular formula is C10H12O4. The van der Waals surface area contributed by atoms with Crippen LogP contribution < -0.4 is 0 Å². The van der Waals surface area contributed by atoms with Gasteiger partial charge in [0.1, 0.15) is 5.75 Å². The van der Waals surface area contributed by atoms with Crippen molar-refractivity contribution in [3.05, 3.63) is 29.8 Å². The Labute approximate surface area is 82.1 Å². The smallest absolute Gasteiger partial charge is 0.339 e. The van der Waals surface area contributed by atoms with Crippen molar-refractivity contribution in [2.75, 3.05) is 14.2 Å². The molecule has 0 aliphatic heterocycles. The summed E-state index contributed by atoms with van der Waals surface area (Å²) in [6.45, 7) is 0. The van der Waals surface area contributed by atoms with E-state index in [0.29, 0.717) is 5.56 Å². The maximum atomic E-state index is 11.2. The summed E-state index contributed by atoms with van der Waals surface area (Å²) in [6, 6.07) is 6.48. The highest BCUT2D eigenvalue weighted by atomic mass is 16.6. The van der Waals surface area contributed by atoms with Crippen LogP contribution in [0, 0.1) is 0 Å². The third kappa shape index (κ3) is 2.03. The van der Waals surface area contributed by atoms with Gasteiger partial charge < -0.3 is 14.6 Å². The van der Waals surface area contributed by atoms with Gasteiger partial charge in [-0.05, 0) is 6.07 Å². The summed E-state index contributed by atoms with van der Waals surface area (Å²) in [6.07, 6.45) is -0.874. The molecule has 0 saturated heterocycles. The predicted octanol–water partition coefficient (Wildman–Crippen LogP) is 1.25. The molecule has 0 fully saturated rings. The fourth-order valence-electron chi connectivity index (χ4n) is 1.17. The molecule has 14 heavy (non-hydrogen) atoms. The first-order valence-electron chi connectivity index (χ1n) is 4.09. The van der Waals surface area contributed by atoms with Gasteiger partial charge in [0.15, 0.2) is 6.10 Å². The van der Waals surface area contributed by atoms with E-state index in [1.165, 1.54) is 20.3 Å². The van der Waals surface area contributed by atoms with Crippen LogP contribution in [-0.2, 0) is 14.3 Å². The van der Waals surface area contributed by atoms with Crippen LogP contribution in [0.4, 0.5) is 0 Å². The zero-order valence-electron chi connectivity index (χ0n) is 8.06. The van der Waals surface area contributed by atoms with Crippen molar-refractivity contribution in [2.45, 2.75) is 6.10 Å². The van der Waals surface area contributed by atoms with Crippen LogP contribution >= 0.6 is 0 Å². The lowest BCUT2D eigenvalue weighted by atomic mass is 10.1. The Morgan fingerprint density at radius 3 is 2.50 bits per heavy atom. The Balaban J connectivity index is 3.01. The molecule has 0 aromatic heterocycles. The molecule has 0 saturated carbocycles. The largest absolute Gasteiger partial charge is 0.508 e. The van der Waals surface area contributed by atoms with E-state index in [9.17, 15) is 9.90 Å².